The van der Waals surface area contributed by atoms with Gasteiger partial charge in [-0.1, -0.05) is 13.8 Å². The number of allylic oxidation sites excluding steroid dienone is 3. The Morgan fingerprint density at radius 3 is 2.67 bits per heavy atom. The van der Waals surface area contributed by atoms with Gasteiger partial charge in [0.05, 0.1) is 12.2 Å². The molecule has 4 rings (SSSR count). The molecule has 4 heteroatoms. The van der Waals surface area contributed by atoms with E-state index in [0.29, 0.717) is 5.92 Å². The van der Waals surface area contributed by atoms with Gasteiger partial charge in [0.25, 0.3) is 5.91 Å². The smallest absolute Gasteiger partial charge is 0.254 e. The number of carbonyl (C=O) groups excluding carboxylic acids is 1. The summed E-state index contributed by atoms with van der Waals surface area (Å²) < 4.78 is 12.7. The van der Waals surface area contributed by atoms with Crippen molar-refractivity contribution >= 4 is 5.91 Å². The summed E-state index contributed by atoms with van der Waals surface area (Å²) in [5, 5.41) is 0. The molecule has 0 N–H and O–H groups in total. The van der Waals surface area contributed by atoms with E-state index in [1.165, 1.54) is 24.0 Å². The molecule has 4 aliphatic rings. The van der Waals surface area contributed by atoms with Crippen molar-refractivity contribution in [3.8, 4) is 0 Å². The minimum atomic E-state index is -0.0345. The van der Waals surface area contributed by atoms with Crippen LogP contribution in [0.1, 0.15) is 53.9 Å². The number of hydrogen-bond donors (Lipinski definition) is 0. The van der Waals surface area contributed by atoms with Crippen molar-refractivity contribution in [3.05, 3.63) is 34.6 Å². The van der Waals surface area contributed by atoms with Crippen LogP contribution in [-0.4, -0.2) is 42.8 Å². The number of ether oxygens (including phenoxy) is 2. The summed E-state index contributed by atoms with van der Waals surface area (Å²) in [7, 11) is 1.88. The molecule has 0 aromatic rings. The third-order valence-electron chi connectivity index (χ3n) is 7.06. The Kier molecular flexibility index (Phi) is 4.63. The molecule has 4 nitrogen and oxygen atoms in total. The molecule has 27 heavy (non-hydrogen) atoms. The molecule has 3 aliphatic carbocycles. The van der Waals surface area contributed by atoms with Crippen LogP contribution in [0.3, 0.4) is 0 Å². The lowest BCUT2D eigenvalue weighted by Gasteiger charge is -2.49. The number of likely N-dealkylation sites (N-methyl/N-ethyl adjacent to an activating group) is 1. The van der Waals surface area contributed by atoms with Crippen LogP contribution >= 0.6 is 0 Å². The fraction of sp³-hybridized carbons (Fsp3) is 0.696. The molecular weight excluding hydrogens is 338 g/mol. The molecule has 0 aromatic carbocycles. The zero-order chi connectivity index (χ0) is 19.5. The maximum absolute atomic E-state index is 12.5. The summed E-state index contributed by atoms with van der Waals surface area (Å²) in [6.07, 6.45) is 8.15. The van der Waals surface area contributed by atoms with E-state index in [2.05, 4.69) is 39.8 Å². The summed E-state index contributed by atoms with van der Waals surface area (Å²) in [6.45, 7) is 11.6. The predicted molar refractivity (Wildman–Crippen MR) is 106 cm³/mol. The van der Waals surface area contributed by atoms with Gasteiger partial charge in [-0.2, -0.15) is 0 Å². The largest absolute Gasteiger partial charge is 0.375 e. The van der Waals surface area contributed by atoms with E-state index in [-0.39, 0.29) is 29.6 Å². The van der Waals surface area contributed by atoms with Crippen molar-refractivity contribution in [1.29, 1.82) is 0 Å². The molecule has 0 unspecified atom stereocenters. The fourth-order valence-corrected chi connectivity index (χ4v) is 4.86. The highest BCUT2D eigenvalue weighted by Crippen LogP contribution is 2.54. The molecule has 1 fully saturated rings. The third-order valence-corrected chi connectivity index (χ3v) is 7.06. The van der Waals surface area contributed by atoms with Gasteiger partial charge in [-0.25, -0.2) is 0 Å². The van der Waals surface area contributed by atoms with Crippen molar-refractivity contribution in [2.45, 2.75) is 72.2 Å². The van der Waals surface area contributed by atoms with E-state index >= 15 is 0 Å². The minimum Gasteiger partial charge on any atom is -0.375 e. The van der Waals surface area contributed by atoms with Crippen molar-refractivity contribution in [1.82, 2.24) is 4.90 Å². The molecule has 1 heterocycles. The van der Waals surface area contributed by atoms with Gasteiger partial charge in [0.15, 0.2) is 0 Å². The zero-order valence-electron chi connectivity index (χ0n) is 17.5. The number of fused-ring (bicyclic) bond motifs is 2. The first-order valence-electron chi connectivity index (χ1n) is 10.4. The van der Waals surface area contributed by atoms with Gasteiger partial charge in [-0.15, -0.1) is 0 Å². The number of amides is 1. The summed E-state index contributed by atoms with van der Waals surface area (Å²) >= 11 is 0. The molecule has 1 amide bonds. The van der Waals surface area contributed by atoms with Crippen molar-refractivity contribution in [2.24, 2.45) is 17.3 Å². The van der Waals surface area contributed by atoms with Gasteiger partial charge in [0, 0.05) is 30.3 Å². The van der Waals surface area contributed by atoms with Crippen molar-refractivity contribution in [3.63, 3.8) is 0 Å². The second-order valence-corrected chi connectivity index (χ2v) is 9.39. The SMILES string of the molecule is CC1=C2C[C@@]3(C)C(=C[C@@H](OC(C)C)[C@H](OCC4CC4)[C@@H]3C)C=C2N(C)C1=O. The van der Waals surface area contributed by atoms with Crippen LogP contribution in [0.25, 0.3) is 0 Å². The molecule has 0 aromatic heterocycles. The number of carbonyl (C=O) groups is 1. The Morgan fingerprint density at radius 1 is 1.33 bits per heavy atom. The van der Waals surface area contributed by atoms with E-state index in [9.17, 15) is 4.79 Å². The van der Waals surface area contributed by atoms with Gasteiger partial charge >= 0.3 is 0 Å². The van der Waals surface area contributed by atoms with Crippen LogP contribution in [-0.2, 0) is 14.3 Å². The molecule has 0 saturated heterocycles. The Hall–Kier alpha value is -1.39. The summed E-state index contributed by atoms with van der Waals surface area (Å²) in [5.41, 5.74) is 4.43. The van der Waals surface area contributed by atoms with Gasteiger partial charge in [0.2, 0.25) is 0 Å². The van der Waals surface area contributed by atoms with E-state index in [1.54, 1.807) is 4.90 Å². The lowest BCUT2D eigenvalue weighted by Crippen LogP contribution is -2.50. The first-order chi connectivity index (χ1) is 12.7. The van der Waals surface area contributed by atoms with Gasteiger partial charge in [-0.3, -0.25) is 4.79 Å². The standard InChI is InChI=1S/C23H33NO3/c1-13(2)27-20-10-17-9-19-18(14(3)22(25)24(19)6)11-23(17,5)15(4)21(20)26-12-16-7-8-16/h9-10,13,15-16,20-21H,7-8,11-12H2,1-6H3/t15-,20+,21+,23+/m0/s1. The molecule has 4 atom stereocenters. The topological polar surface area (TPSA) is 38.8 Å². The second-order valence-electron chi connectivity index (χ2n) is 9.39. The predicted octanol–water partition coefficient (Wildman–Crippen LogP) is 4.23. The molecule has 1 saturated carbocycles. The first-order valence-corrected chi connectivity index (χ1v) is 10.4. The van der Waals surface area contributed by atoms with Crippen LogP contribution < -0.4 is 0 Å². The Balaban J connectivity index is 1.72. The zero-order valence-corrected chi connectivity index (χ0v) is 17.5. The maximum atomic E-state index is 12.5. The highest BCUT2D eigenvalue weighted by Gasteiger charge is 2.50. The van der Waals surface area contributed by atoms with Gasteiger partial charge in [0.1, 0.15) is 6.10 Å². The maximum Gasteiger partial charge on any atom is 0.254 e. The van der Waals surface area contributed by atoms with Crippen LogP contribution in [0.4, 0.5) is 0 Å². The Morgan fingerprint density at radius 2 is 2.04 bits per heavy atom. The summed E-state index contributed by atoms with van der Waals surface area (Å²) in [6, 6.07) is 0. The normalized spacial score (nSPS) is 36.0. The molecule has 1 aliphatic heterocycles. The van der Waals surface area contributed by atoms with E-state index in [4.69, 9.17) is 9.47 Å². The monoisotopic (exact) mass is 371 g/mol. The molecular formula is C23H33NO3. The summed E-state index contributed by atoms with van der Waals surface area (Å²) in [5.74, 6) is 1.18. The molecule has 148 valence electrons. The van der Waals surface area contributed by atoms with Crippen LogP contribution in [0.15, 0.2) is 34.6 Å². The average Bonchev–Trinajstić information content (AvgIpc) is 3.41. The Labute approximate surface area is 163 Å². The third kappa shape index (κ3) is 3.11. The lowest BCUT2D eigenvalue weighted by molar-refractivity contribution is -0.123. The molecule has 0 radical (unpaired) electrons. The van der Waals surface area contributed by atoms with Gasteiger partial charge in [-0.05, 0) is 75.2 Å². The number of rotatable bonds is 5. The highest BCUT2D eigenvalue weighted by atomic mass is 16.5. The van der Waals surface area contributed by atoms with Crippen molar-refractivity contribution in [2.75, 3.05) is 13.7 Å². The highest BCUT2D eigenvalue weighted by molar-refractivity contribution is 6.00. The number of nitrogens with zero attached hydrogens (tertiary/aromatic N) is 1. The molecule has 0 spiro atoms. The van der Waals surface area contributed by atoms with Crippen LogP contribution in [0, 0.1) is 17.3 Å². The van der Waals surface area contributed by atoms with E-state index in [0.717, 1.165) is 30.2 Å². The first kappa shape index (κ1) is 18.9. The quantitative estimate of drug-likeness (QED) is 0.726. The lowest BCUT2D eigenvalue weighted by atomic mass is 9.59. The van der Waals surface area contributed by atoms with Crippen LogP contribution in [0.5, 0.6) is 0 Å². The van der Waals surface area contributed by atoms with E-state index < -0.39 is 0 Å². The van der Waals surface area contributed by atoms with Crippen molar-refractivity contribution < 1.29 is 14.3 Å². The second kappa shape index (κ2) is 6.59. The van der Waals surface area contributed by atoms with Gasteiger partial charge < -0.3 is 14.4 Å². The summed E-state index contributed by atoms with van der Waals surface area (Å²) in [4.78, 5) is 14.3. The van der Waals surface area contributed by atoms with E-state index in [1.807, 2.05) is 14.0 Å². The molecule has 0 bridgehead atoms. The number of hydrogen-bond acceptors (Lipinski definition) is 3. The fourth-order valence-electron chi connectivity index (χ4n) is 4.86. The Bertz CT molecular complexity index is 743. The average molecular weight is 372 g/mol. The minimum absolute atomic E-state index is 0.0311. The van der Waals surface area contributed by atoms with Crippen LogP contribution in [0.2, 0.25) is 0 Å².